The fourth-order valence-electron chi connectivity index (χ4n) is 2.50. The minimum atomic E-state index is -0.121. The number of hydrogen-bond donors (Lipinski definition) is 2. The van der Waals surface area contributed by atoms with Gasteiger partial charge in [0.05, 0.1) is 12.1 Å². The molecule has 0 aromatic rings. The fourth-order valence-corrected chi connectivity index (χ4v) is 2.50. The van der Waals surface area contributed by atoms with Crippen molar-refractivity contribution >= 4 is 5.91 Å². The van der Waals surface area contributed by atoms with E-state index >= 15 is 0 Å². The Kier molecular flexibility index (Phi) is 3.82. The van der Waals surface area contributed by atoms with E-state index < -0.39 is 0 Å². The number of amides is 1. The van der Waals surface area contributed by atoms with Gasteiger partial charge in [0.25, 0.3) is 0 Å². The molecule has 4 heteroatoms. The molecule has 2 heterocycles. The smallest absolute Gasteiger partial charge is 0.220 e. The van der Waals surface area contributed by atoms with Gasteiger partial charge in [-0.3, -0.25) is 4.79 Å². The Balaban J connectivity index is 1.74. The molecule has 1 amide bonds. The molecule has 0 saturated carbocycles. The summed E-state index contributed by atoms with van der Waals surface area (Å²) >= 11 is 0. The van der Waals surface area contributed by atoms with Crippen LogP contribution in [0.15, 0.2) is 0 Å². The predicted molar refractivity (Wildman–Crippen MR) is 62.2 cm³/mol. The van der Waals surface area contributed by atoms with Gasteiger partial charge in [-0.25, -0.2) is 0 Å². The van der Waals surface area contributed by atoms with E-state index in [1.54, 1.807) is 0 Å². The van der Waals surface area contributed by atoms with Crippen molar-refractivity contribution in [2.45, 2.75) is 38.1 Å². The summed E-state index contributed by atoms with van der Waals surface area (Å²) in [5.74, 6) is 0.757. The van der Waals surface area contributed by atoms with E-state index in [0.717, 1.165) is 39.0 Å². The number of hydrogen-bond acceptors (Lipinski definition) is 3. The van der Waals surface area contributed by atoms with Crippen LogP contribution in [0.5, 0.6) is 0 Å². The predicted octanol–water partition coefficient (Wildman–Crippen LogP) is 0.671. The van der Waals surface area contributed by atoms with Gasteiger partial charge in [-0.2, -0.15) is 0 Å². The molecule has 1 atom stereocenters. The van der Waals surface area contributed by atoms with Crippen molar-refractivity contribution in [2.75, 3.05) is 26.3 Å². The highest BCUT2D eigenvalue weighted by Gasteiger charge is 2.31. The lowest BCUT2D eigenvalue weighted by molar-refractivity contribution is -0.124. The van der Waals surface area contributed by atoms with E-state index in [9.17, 15) is 4.79 Å². The highest BCUT2D eigenvalue weighted by Crippen LogP contribution is 2.20. The van der Waals surface area contributed by atoms with Crippen molar-refractivity contribution in [3.05, 3.63) is 0 Å². The fraction of sp³-hybridized carbons (Fsp3) is 0.917. The first-order valence-corrected chi connectivity index (χ1v) is 6.27. The van der Waals surface area contributed by atoms with Crippen LogP contribution in [-0.4, -0.2) is 37.7 Å². The van der Waals surface area contributed by atoms with Gasteiger partial charge in [0.1, 0.15) is 0 Å². The van der Waals surface area contributed by atoms with Crippen molar-refractivity contribution in [3.8, 4) is 0 Å². The maximum atomic E-state index is 11.9. The summed E-state index contributed by atoms with van der Waals surface area (Å²) in [5, 5.41) is 6.44. The van der Waals surface area contributed by atoms with E-state index in [0.29, 0.717) is 18.9 Å². The molecule has 16 heavy (non-hydrogen) atoms. The SMILES string of the molecule is CC1(NC(=O)CC2CCNCC2)CCOC1. The summed E-state index contributed by atoms with van der Waals surface area (Å²) in [4.78, 5) is 11.9. The minimum Gasteiger partial charge on any atom is -0.379 e. The third-order valence-corrected chi connectivity index (χ3v) is 3.59. The number of nitrogens with one attached hydrogen (secondary N) is 2. The normalized spacial score (nSPS) is 31.6. The number of rotatable bonds is 3. The van der Waals surface area contributed by atoms with Crippen molar-refractivity contribution in [1.82, 2.24) is 10.6 Å². The molecule has 92 valence electrons. The Labute approximate surface area is 97.1 Å². The lowest BCUT2D eigenvalue weighted by atomic mass is 9.93. The van der Waals surface area contributed by atoms with Crippen LogP contribution >= 0.6 is 0 Å². The summed E-state index contributed by atoms with van der Waals surface area (Å²) in [6.45, 7) is 5.60. The van der Waals surface area contributed by atoms with Crippen molar-refractivity contribution < 1.29 is 9.53 Å². The molecule has 2 N–H and O–H groups in total. The van der Waals surface area contributed by atoms with Gasteiger partial charge in [-0.05, 0) is 45.2 Å². The molecule has 2 aliphatic rings. The zero-order valence-electron chi connectivity index (χ0n) is 10.1. The van der Waals surface area contributed by atoms with Crippen LogP contribution in [0.1, 0.15) is 32.6 Å². The largest absolute Gasteiger partial charge is 0.379 e. The van der Waals surface area contributed by atoms with Crippen LogP contribution in [0, 0.1) is 5.92 Å². The molecule has 2 saturated heterocycles. The first-order chi connectivity index (χ1) is 7.68. The van der Waals surface area contributed by atoms with Gasteiger partial charge in [0.2, 0.25) is 5.91 Å². The molecule has 1 unspecified atom stereocenters. The van der Waals surface area contributed by atoms with Crippen molar-refractivity contribution in [3.63, 3.8) is 0 Å². The molecule has 0 radical (unpaired) electrons. The Bertz CT molecular complexity index is 243. The third kappa shape index (κ3) is 3.19. The lowest BCUT2D eigenvalue weighted by Crippen LogP contribution is -2.47. The van der Waals surface area contributed by atoms with Gasteiger partial charge in [-0.15, -0.1) is 0 Å². The van der Waals surface area contributed by atoms with Crippen LogP contribution in [-0.2, 0) is 9.53 Å². The highest BCUT2D eigenvalue weighted by molar-refractivity contribution is 5.77. The molecular formula is C12H22N2O2. The summed E-state index contributed by atoms with van der Waals surface area (Å²) in [6, 6.07) is 0. The van der Waals surface area contributed by atoms with E-state index in [-0.39, 0.29) is 11.4 Å². The van der Waals surface area contributed by atoms with Gasteiger partial charge in [0, 0.05) is 13.0 Å². The first-order valence-electron chi connectivity index (χ1n) is 6.27. The Morgan fingerprint density at radius 2 is 2.25 bits per heavy atom. The quantitative estimate of drug-likeness (QED) is 0.743. The Morgan fingerprint density at radius 1 is 1.50 bits per heavy atom. The molecule has 0 aromatic carbocycles. The van der Waals surface area contributed by atoms with Crippen LogP contribution in [0.25, 0.3) is 0 Å². The second kappa shape index (κ2) is 5.15. The molecule has 2 aliphatic heterocycles. The van der Waals surface area contributed by atoms with E-state index in [4.69, 9.17) is 4.74 Å². The Morgan fingerprint density at radius 3 is 2.88 bits per heavy atom. The third-order valence-electron chi connectivity index (χ3n) is 3.59. The molecule has 2 rings (SSSR count). The number of carbonyl (C=O) groups excluding carboxylic acids is 1. The van der Waals surface area contributed by atoms with Crippen molar-refractivity contribution in [2.24, 2.45) is 5.92 Å². The van der Waals surface area contributed by atoms with E-state index in [1.165, 1.54) is 0 Å². The Hall–Kier alpha value is -0.610. The zero-order valence-corrected chi connectivity index (χ0v) is 10.1. The van der Waals surface area contributed by atoms with E-state index in [2.05, 4.69) is 17.6 Å². The van der Waals surface area contributed by atoms with Crippen LogP contribution < -0.4 is 10.6 Å². The van der Waals surface area contributed by atoms with Gasteiger partial charge in [0.15, 0.2) is 0 Å². The van der Waals surface area contributed by atoms with Crippen LogP contribution in [0.2, 0.25) is 0 Å². The summed E-state index contributed by atoms with van der Waals surface area (Å²) < 4.78 is 5.33. The summed E-state index contributed by atoms with van der Waals surface area (Å²) in [5.41, 5.74) is -0.121. The number of piperidine rings is 1. The summed E-state index contributed by atoms with van der Waals surface area (Å²) in [7, 11) is 0. The topological polar surface area (TPSA) is 50.4 Å². The second-order valence-electron chi connectivity index (χ2n) is 5.31. The molecule has 0 spiro atoms. The molecule has 2 fully saturated rings. The number of carbonyl (C=O) groups is 1. The minimum absolute atomic E-state index is 0.121. The van der Waals surface area contributed by atoms with Gasteiger partial charge >= 0.3 is 0 Å². The zero-order chi connectivity index (χ0) is 11.4. The van der Waals surface area contributed by atoms with Gasteiger partial charge in [-0.1, -0.05) is 0 Å². The molecular weight excluding hydrogens is 204 g/mol. The first kappa shape index (κ1) is 11.9. The molecule has 0 aliphatic carbocycles. The van der Waals surface area contributed by atoms with E-state index in [1.807, 2.05) is 0 Å². The maximum Gasteiger partial charge on any atom is 0.220 e. The van der Waals surface area contributed by atoms with Crippen molar-refractivity contribution in [1.29, 1.82) is 0 Å². The lowest BCUT2D eigenvalue weighted by Gasteiger charge is -2.26. The standard InChI is InChI=1S/C12H22N2O2/c1-12(4-7-16-9-12)14-11(15)8-10-2-5-13-6-3-10/h10,13H,2-9H2,1H3,(H,14,15). The summed E-state index contributed by atoms with van der Waals surface area (Å²) in [6.07, 6.45) is 3.86. The number of ether oxygens (including phenoxy) is 1. The van der Waals surface area contributed by atoms with Crippen LogP contribution in [0.3, 0.4) is 0 Å². The second-order valence-corrected chi connectivity index (χ2v) is 5.31. The van der Waals surface area contributed by atoms with Crippen LogP contribution in [0.4, 0.5) is 0 Å². The highest BCUT2D eigenvalue weighted by atomic mass is 16.5. The molecule has 0 aromatic heterocycles. The molecule has 0 bridgehead atoms. The monoisotopic (exact) mass is 226 g/mol. The average Bonchev–Trinajstić information content (AvgIpc) is 2.66. The average molecular weight is 226 g/mol. The maximum absolute atomic E-state index is 11.9. The molecule has 4 nitrogen and oxygen atoms in total. The van der Waals surface area contributed by atoms with Gasteiger partial charge < -0.3 is 15.4 Å².